The van der Waals surface area contributed by atoms with Crippen LogP contribution in [0.3, 0.4) is 0 Å². The predicted molar refractivity (Wildman–Crippen MR) is 97.5 cm³/mol. The smallest absolute Gasteiger partial charge is 0.263 e. The number of likely N-dealkylation sites (tertiary alicyclic amines) is 1. The minimum Gasteiger partial charge on any atom is -0.353 e. The first-order chi connectivity index (χ1) is 11.6. The fourth-order valence-corrected chi connectivity index (χ4v) is 4.92. The summed E-state index contributed by atoms with van der Waals surface area (Å²) in [5, 5.41) is 3.18. The van der Waals surface area contributed by atoms with E-state index in [9.17, 15) is 9.59 Å². The molecule has 1 fully saturated rings. The van der Waals surface area contributed by atoms with Crippen LogP contribution in [-0.4, -0.2) is 35.8 Å². The topological polar surface area (TPSA) is 49.4 Å². The second kappa shape index (κ2) is 7.68. The van der Waals surface area contributed by atoms with Crippen molar-refractivity contribution in [3.63, 3.8) is 0 Å². The molecule has 1 saturated heterocycles. The molecule has 0 bridgehead atoms. The van der Waals surface area contributed by atoms with Gasteiger partial charge in [-0.15, -0.1) is 11.3 Å². The number of carbonyl (C=O) groups is 2. The second-order valence-corrected chi connectivity index (χ2v) is 8.16. The van der Waals surface area contributed by atoms with E-state index in [1.807, 2.05) is 4.90 Å². The highest BCUT2D eigenvalue weighted by Gasteiger charge is 2.29. The highest BCUT2D eigenvalue weighted by molar-refractivity contribution is 7.14. The van der Waals surface area contributed by atoms with Crippen molar-refractivity contribution in [3.8, 4) is 0 Å². The van der Waals surface area contributed by atoms with Crippen molar-refractivity contribution in [3.05, 3.63) is 21.4 Å². The van der Waals surface area contributed by atoms with E-state index in [2.05, 4.69) is 25.2 Å². The molecule has 0 unspecified atom stereocenters. The molecular weight excluding hydrogens is 320 g/mol. The molecule has 1 aromatic heterocycles. The number of fused-ring (bicyclic) bond motifs is 1. The predicted octanol–water partition coefficient (Wildman–Crippen LogP) is 3.39. The summed E-state index contributed by atoms with van der Waals surface area (Å²) in [7, 11) is 0. The fraction of sp³-hybridized carbons (Fsp3) is 0.684. The van der Waals surface area contributed by atoms with Crippen LogP contribution in [0.4, 0.5) is 0 Å². The lowest BCUT2D eigenvalue weighted by atomic mass is 9.87. The van der Waals surface area contributed by atoms with E-state index in [-0.39, 0.29) is 23.8 Å². The maximum atomic E-state index is 12.6. The minimum atomic E-state index is 0.0578. The van der Waals surface area contributed by atoms with E-state index in [0.29, 0.717) is 0 Å². The van der Waals surface area contributed by atoms with Crippen molar-refractivity contribution in [1.82, 2.24) is 10.2 Å². The van der Waals surface area contributed by atoms with Gasteiger partial charge in [0.1, 0.15) is 0 Å². The standard InChI is InChI=1S/C19H28N2O2S/c1-3-15(4-2)20-18(22)13-7-8-16-14(11-13)12-17(24-16)19(23)21-9-5-6-10-21/h12-13,15H,3-11H2,1-2H3,(H,20,22)/t13-/m0/s1. The molecular formula is C19H28N2O2S. The molecule has 5 heteroatoms. The number of hydrogen-bond donors (Lipinski definition) is 1. The van der Waals surface area contributed by atoms with Crippen LogP contribution in [0.15, 0.2) is 6.07 Å². The summed E-state index contributed by atoms with van der Waals surface area (Å²) in [6.07, 6.45) is 6.81. The molecule has 1 aromatic rings. The third-order valence-corrected chi connectivity index (χ3v) is 6.61. The van der Waals surface area contributed by atoms with Gasteiger partial charge in [0, 0.05) is 29.9 Å². The van der Waals surface area contributed by atoms with Crippen LogP contribution in [0.25, 0.3) is 0 Å². The summed E-state index contributed by atoms with van der Waals surface area (Å²) < 4.78 is 0. The van der Waals surface area contributed by atoms with Crippen LogP contribution >= 0.6 is 11.3 Å². The Morgan fingerprint density at radius 1 is 1.29 bits per heavy atom. The van der Waals surface area contributed by atoms with Gasteiger partial charge in [0.05, 0.1) is 4.88 Å². The molecule has 0 spiro atoms. The Morgan fingerprint density at radius 3 is 2.67 bits per heavy atom. The molecule has 2 amide bonds. The lowest BCUT2D eigenvalue weighted by Gasteiger charge is -2.24. The highest BCUT2D eigenvalue weighted by atomic mass is 32.1. The number of nitrogens with one attached hydrogen (secondary N) is 1. The Labute approximate surface area is 148 Å². The van der Waals surface area contributed by atoms with Gasteiger partial charge >= 0.3 is 0 Å². The molecule has 1 aliphatic carbocycles. The minimum absolute atomic E-state index is 0.0578. The average molecular weight is 349 g/mol. The van der Waals surface area contributed by atoms with Gasteiger partial charge in [-0.2, -0.15) is 0 Å². The van der Waals surface area contributed by atoms with Gasteiger partial charge in [-0.3, -0.25) is 9.59 Å². The first-order valence-corrected chi connectivity index (χ1v) is 10.1. The number of aryl methyl sites for hydroxylation is 1. The summed E-state index contributed by atoms with van der Waals surface area (Å²) in [6, 6.07) is 2.34. The zero-order valence-corrected chi connectivity index (χ0v) is 15.6. The van der Waals surface area contributed by atoms with Gasteiger partial charge in [0.25, 0.3) is 5.91 Å². The first kappa shape index (κ1) is 17.5. The van der Waals surface area contributed by atoms with Gasteiger partial charge in [0.2, 0.25) is 5.91 Å². The number of hydrogen-bond acceptors (Lipinski definition) is 3. The average Bonchev–Trinajstić information content (AvgIpc) is 3.27. The lowest BCUT2D eigenvalue weighted by Crippen LogP contribution is -2.40. The SMILES string of the molecule is CCC(CC)NC(=O)[C@H]1CCc2sc(C(=O)N3CCCC3)cc2C1. The number of carbonyl (C=O) groups excluding carboxylic acids is 2. The molecule has 2 aliphatic rings. The van der Waals surface area contributed by atoms with Crippen molar-refractivity contribution in [1.29, 1.82) is 0 Å². The van der Waals surface area contributed by atoms with Crippen LogP contribution in [0.2, 0.25) is 0 Å². The van der Waals surface area contributed by atoms with E-state index in [1.54, 1.807) is 11.3 Å². The molecule has 1 aliphatic heterocycles. The van der Waals surface area contributed by atoms with Gasteiger partial charge in [-0.1, -0.05) is 13.8 Å². The van der Waals surface area contributed by atoms with Crippen molar-refractivity contribution in [2.24, 2.45) is 5.92 Å². The maximum Gasteiger partial charge on any atom is 0.263 e. The number of amides is 2. The molecule has 24 heavy (non-hydrogen) atoms. The van der Waals surface area contributed by atoms with Gasteiger partial charge in [0.15, 0.2) is 0 Å². The van der Waals surface area contributed by atoms with Crippen molar-refractivity contribution < 1.29 is 9.59 Å². The highest BCUT2D eigenvalue weighted by Crippen LogP contribution is 2.33. The van der Waals surface area contributed by atoms with Gasteiger partial charge in [-0.25, -0.2) is 0 Å². The summed E-state index contributed by atoms with van der Waals surface area (Å²) in [6.45, 7) is 6.01. The lowest BCUT2D eigenvalue weighted by molar-refractivity contribution is -0.126. The Balaban J connectivity index is 1.65. The maximum absolute atomic E-state index is 12.6. The summed E-state index contributed by atoms with van der Waals surface area (Å²) in [5.41, 5.74) is 1.22. The van der Waals surface area contributed by atoms with Crippen LogP contribution < -0.4 is 5.32 Å². The Bertz CT molecular complexity index is 601. The fourth-order valence-electron chi connectivity index (χ4n) is 3.74. The zero-order chi connectivity index (χ0) is 17.1. The van der Waals surface area contributed by atoms with E-state index in [0.717, 1.165) is 62.9 Å². The Hall–Kier alpha value is -1.36. The molecule has 0 saturated carbocycles. The van der Waals surface area contributed by atoms with Crippen molar-refractivity contribution in [2.75, 3.05) is 13.1 Å². The van der Waals surface area contributed by atoms with Crippen molar-refractivity contribution >= 4 is 23.2 Å². The number of thiophene rings is 1. The molecule has 1 N–H and O–H groups in total. The van der Waals surface area contributed by atoms with Crippen LogP contribution in [0, 0.1) is 5.92 Å². The Kier molecular flexibility index (Phi) is 5.59. The molecule has 132 valence electrons. The zero-order valence-electron chi connectivity index (χ0n) is 14.8. The Morgan fingerprint density at radius 2 is 2.00 bits per heavy atom. The van der Waals surface area contributed by atoms with E-state index in [4.69, 9.17) is 0 Å². The quantitative estimate of drug-likeness (QED) is 0.887. The largest absolute Gasteiger partial charge is 0.353 e. The normalized spacial score (nSPS) is 20.3. The first-order valence-electron chi connectivity index (χ1n) is 9.33. The molecule has 0 radical (unpaired) electrons. The molecule has 1 atom stereocenters. The molecule has 3 rings (SSSR count). The van der Waals surface area contributed by atoms with Crippen LogP contribution in [0.1, 0.15) is 66.1 Å². The van der Waals surface area contributed by atoms with Crippen molar-refractivity contribution in [2.45, 2.75) is 64.8 Å². The second-order valence-electron chi connectivity index (χ2n) is 7.02. The third-order valence-electron chi connectivity index (χ3n) is 5.39. The molecule has 2 heterocycles. The monoisotopic (exact) mass is 348 g/mol. The van der Waals surface area contributed by atoms with Gasteiger partial charge in [-0.05, 0) is 56.6 Å². The number of nitrogens with zero attached hydrogens (tertiary/aromatic N) is 1. The van der Waals surface area contributed by atoms with Crippen LogP contribution in [0.5, 0.6) is 0 Å². The van der Waals surface area contributed by atoms with Crippen LogP contribution in [-0.2, 0) is 17.6 Å². The summed E-state index contributed by atoms with van der Waals surface area (Å²) in [4.78, 5) is 29.2. The van der Waals surface area contributed by atoms with E-state index in [1.165, 1.54) is 10.4 Å². The van der Waals surface area contributed by atoms with E-state index >= 15 is 0 Å². The number of rotatable bonds is 5. The molecule has 0 aromatic carbocycles. The summed E-state index contributed by atoms with van der Waals surface area (Å²) in [5.74, 6) is 0.431. The summed E-state index contributed by atoms with van der Waals surface area (Å²) >= 11 is 1.64. The van der Waals surface area contributed by atoms with E-state index < -0.39 is 0 Å². The molecule has 4 nitrogen and oxygen atoms in total. The third kappa shape index (κ3) is 3.66. The van der Waals surface area contributed by atoms with Gasteiger partial charge < -0.3 is 10.2 Å².